The van der Waals surface area contributed by atoms with Crippen LogP contribution in [0.4, 0.5) is 10.6 Å². The van der Waals surface area contributed by atoms with Gasteiger partial charge < -0.3 is 4.74 Å². The summed E-state index contributed by atoms with van der Waals surface area (Å²) in [5.74, 6) is 0.564. The third-order valence-corrected chi connectivity index (χ3v) is 5.52. The van der Waals surface area contributed by atoms with Crippen molar-refractivity contribution in [2.24, 2.45) is 0 Å². The van der Waals surface area contributed by atoms with Gasteiger partial charge >= 0.3 is 6.09 Å². The number of nitrogens with zero attached hydrogens (tertiary/aromatic N) is 3. The van der Waals surface area contributed by atoms with Gasteiger partial charge in [0.2, 0.25) is 5.95 Å². The molecule has 0 unspecified atom stereocenters. The third-order valence-electron chi connectivity index (χ3n) is 4.62. The van der Waals surface area contributed by atoms with Crippen LogP contribution in [-0.4, -0.2) is 32.4 Å². The zero-order valence-electron chi connectivity index (χ0n) is 17.1. The van der Waals surface area contributed by atoms with E-state index in [0.29, 0.717) is 29.2 Å². The molecular formula is C22H21N5O3S. The maximum absolute atomic E-state index is 12.9. The van der Waals surface area contributed by atoms with Gasteiger partial charge in [-0.25, -0.2) is 9.78 Å². The van der Waals surface area contributed by atoms with E-state index in [1.807, 2.05) is 47.8 Å². The fraction of sp³-hybridized carbons (Fsp3) is 0.182. The van der Waals surface area contributed by atoms with E-state index in [2.05, 4.69) is 20.4 Å². The molecule has 31 heavy (non-hydrogen) atoms. The number of anilines is 1. The van der Waals surface area contributed by atoms with Crippen LogP contribution in [0, 0.1) is 6.92 Å². The number of benzene rings is 1. The van der Waals surface area contributed by atoms with Crippen LogP contribution in [0.15, 0.2) is 58.7 Å². The van der Waals surface area contributed by atoms with Crippen molar-refractivity contribution < 1.29 is 9.53 Å². The highest BCUT2D eigenvalue weighted by Crippen LogP contribution is 2.27. The zero-order chi connectivity index (χ0) is 21.8. The molecule has 0 saturated heterocycles. The molecule has 8 nitrogen and oxygen atoms in total. The molecule has 3 heterocycles. The van der Waals surface area contributed by atoms with Gasteiger partial charge in [0, 0.05) is 18.1 Å². The number of aromatic nitrogens is 4. The van der Waals surface area contributed by atoms with Crippen LogP contribution in [0.25, 0.3) is 16.5 Å². The van der Waals surface area contributed by atoms with Gasteiger partial charge in [-0.2, -0.15) is 9.78 Å². The predicted octanol–water partition coefficient (Wildman–Crippen LogP) is 4.15. The molecule has 0 fully saturated rings. The summed E-state index contributed by atoms with van der Waals surface area (Å²) in [6, 6.07) is 15.3. The summed E-state index contributed by atoms with van der Waals surface area (Å²) in [5.41, 5.74) is 2.60. The van der Waals surface area contributed by atoms with Gasteiger partial charge in [0.05, 0.1) is 17.2 Å². The minimum atomic E-state index is -0.610. The first-order valence-corrected chi connectivity index (χ1v) is 10.6. The highest BCUT2D eigenvalue weighted by atomic mass is 32.1. The van der Waals surface area contributed by atoms with E-state index >= 15 is 0 Å². The number of rotatable bonds is 6. The second-order valence-electron chi connectivity index (χ2n) is 6.77. The Kier molecular flexibility index (Phi) is 5.94. The van der Waals surface area contributed by atoms with Crippen LogP contribution in [0.2, 0.25) is 0 Å². The van der Waals surface area contributed by atoms with Crippen LogP contribution >= 0.6 is 11.3 Å². The number of thiophene rings is 1. The van der Waals surface area contributed by atoms with Crippen LogP contribution < -0.4 is 10.9 Å². The maximum Gasteiger partial charge on any atom is 0.412 e. The number of aromatic amines is 1. The fourth-order valence-electron chi connectivity index (χ4n) is 3.15. The lowest BCUT2D eigenvalue weighted by molar-refractivity contribution is 0.167. The summed E-state index contributed by atoms with van der Waals surface area (Å²) in [7, 11) is 0. The number of carbonyl (C=O) groups excluding carboxylic acids is 1. The number of H-pyrrole nitrogens is 1. The molecule has 0 saturated carbocycles. The van der Waals surface area contributed by atoms with Crippen molar-refractivity contribution in [1.82, 2.24) is 19.7 Å². The molecule has 0 spiro atoms. The summed E-state index contributed by atoms with van der Waals surface area (Å²) < 4.78 is 6.40. The minimum Gasteiger partial charge on any atom is -0.450 e. The van der Waals surface area contributed by atoms with Gasteiger partial charge in [0.1, 0.15) is 11.5 Å². The van der Waals surface area contributed by atoms with Crippen molar-refractivity contribution in [2.75, 3.05) is 11.9 Å². The third kappa shape index (κ3) is 4.56. The summed E-state index contributed by atoms with van der Waals surface area (Å²) in [6.07, 6.45) is -0.135. The maximum atomic E-state index is 12.9. The number of amides is 1. The predicted molar refractivity (Wildman–Crippen MR) is 120 cm³/mol. The minimum absolute atomic E-state index is 0.217. The number of ether oxygens (including phenoxy) is 1. The number of hydrogen-bond acceptors (Lipinski definition) is 6. The van der Waals surface area contributed by atoms with Crippen molar-refractivity contribution in [2.45, 2.75) is 20.3 Å². The Labute approximate surface area is 182 Å². The van der Waals surface area contributed by atoms with Crippen LogP contribution in [0.5, 0.6) is 0 Å². The summed E-state index contributed by atoms with van der Waals surface area (Å²) in [5, 5.41) is 9.16. The smallest absolute Gasteiger partial charge is 0.412 e. The number of hydrogen-bond donors (Lipinski definition) is 2. The first kappa shape index (κ1) is 20.5. The Morgan fingerprint density at radius 2 is 2.03 bits per heavy atom. The Morgan fingerprint density at radius 1 is 1.23 bits per heavy atom. The average molecular weight is 436 g/mol. The van der Waals surface area contributed by atoms with E-state index < -0.39 is 6.09 Å². The number of carbonyl (C=O) groups is 1. The van der Waals surface area contributed by atoms with Gasteiger partial charge in [0.15, 0.2) is 0 Å². The molecule has 0 aliphatic heterocycles. The molecule has 9 heteroatoms. The molecule has 1 amide bonds. The van der Waals surface area contributed by atoms with Crippen molar-refractivity contribution >= 4 is 23.2 Å². The Morgan fingerprint density at radius 3 is 2.71 bits per heavy atom. The molecule has 0 aliphatic rings. The van der Waals surface area contributed by atoms with Gasteiger partial charge in [-0.15, -0.1) is 11.3 Å². The zero-order valence-corrected chi connectivity index (χ0v) is 17.9. The second-order valence-corrected chi connectivity index (χ2v) is 7.71. The normalized spacial score (nSPS) is 10.8. The van der Waals surface area contributed by atoms with Gasteiger partial charge in [-0.3, -0.25) is 15.1 Å². The van der Waals surface area contributed by atoms with E-state index in [4.69, 9.17) is 4.74 Å². The molecule has 0 radical (unpaired) electrons. The Balaban J connectivity index is 1.74. The monoisotopic (exact) mass is 435 g/mol. The van der Waals surface area contributed by atoms with Crippen LogP contribution in [0.1, 0.15) is 23.7 Å². The van der Waals surface area contributed by atoms with Gasteiger partial charge in [0.25, 0.3) is 5.56 Å². The highest BCUT2D eigenvalue weighted by Gasteiger charge is 2.18. The van der Waals surface area contributed by atoms with Crippen molar-refractivity contribution in [3.8, 4) is 16.5 Å². The molecule has 158 valence electrons. The van der Waals surface area contributed by atoms with E-state index in [1.54, 1.807) is 19.9 Å². The quantitative estimate of drug-likeness (QED) is 0.474. The SMILES string of the molecule is CCOC(=O)Nc1cc(-c2cccs2)nn1-c1nc(C)c(Cc2ccccc2)c(=O)[nH]1. The average Bonchev–Trinajstić information content (AvgIpc) is 3.41. The van der Waals surface area contributed by atoms with E-state index in [0.717, 1.165) is 10.4 Å². The molecule has 0 atom stereocenters. The Hall–Kier alpha value is -3.72. The van der Waals surface area contributed by atoms with Crippen LogP contribution in [-0.2, 0) is 11.2 Å². The lowest BCUT2D eigenvalue weighted by Crippen LogP contribution is -2.22. The molecule has 4 aromatic rings. The summed E-state index contributed by atoms with van der Waals surface area (Å²) in [4.78, 5) is 33.2. The van der Waals surface area contributed by atoms with Crippen LogP contribution in [0.3, 0.4) is 0 Å². The lowest BCUT2D eigenvalue weighted by Gasteiger charge is -2.10. The molecule has 0 aliphatic carbocycles. The molecule has 4 rings (SSSR count). The molecular weight excluding hydrogens is 414 g/mol. The topological polar surface area (TPSA) is 102 Å². The summed E-state index contributed by atoms with van der Waals surface area (Å²) >= 11 is 1.52. The van der Waals surface area contributed by atoms with Crippen molar-refractivity contribution in [3.63, 3.8) is 0 Å². The standard InChI is InChI=1S/C22H21N5O3S/c1-3-30-22(29)24-19-13-17(18-10-7-11-31-18)26-27(19)21-23-14(2)16(20(28)25-21)12-15-8-5-4-6-9-15/h4-11,13H,3,12H2,1-2H3,(H,24,29)(H,23,25,28). The van der Waals surface area contributed by atoms with Crippen molar-refractivity contribution in [3.05, 3.63) is 81.1 Å². The lowest BCUT2D eigenvalue weighted by atomic mass is 10.1. The van der Waals surface area contributed by atoms with Crippen molar-refractivity contribution in [1.29, 1.82) is 0 Å². The highest BCUT2D eigenvalue weighted by molar-refractivity contribution is 7.13. The molecule has 0 bridgehead atoms. The van der Waals surface area contributed by atoms with E-state index in [9.17, 15) is 9.59 Å². The van der Waals surface area contributed by atoms with Gasteiger partial charge in [-0.05, 0) is 30.9 Å². The Bertz CT molecular complexity index is 1250. The van der Waals surface area contributed by atoms with E-state index in [1.165, 1.54) is 16.0 Å². The first-order chi connectivity index (χ1) is 15.0. The van der Waals surface area contributed by atoms with E-state index in [-0.39, 0.29) is 18.1 Å². The largest absolute Gasteiger partial charge is 0.450 e. The number of nitrogens with one attached hydrogen (secondary N) is 2. The summed E-state index contributed by atoms with van der Waals surface area (Å²) in [6.45, 7) is 3.75. The molecule has 3 aromatic heterocycles. The molecule has 1 aromatic carbocycles. The molecule has 2 N–H and O–H groups in total. The second kappa shape index (κ2) is 8.97. The number of aryl methyl sites for hydroxylation is 1. The fourth-order valence-corrected chi connectivity index (χ4v) is 3.83. The van der Waals surface area contributed by atoms with Gasteiger partial charge in [-0.1, -0.05) is 36.4 Å². The first-order valence-electron chi connectivity index (χ1n) is 9.77.